The van der Waals surface area contributed by atoms with Gasteiger partial charge < -0.3 is 20.5 Å². The van der Waals surface area contributed by atoms with Crippen LogP contribution >= 0.6 is 0 Å². The molecule has 3 N–H and O–H groups in total. The summed E-state index contributed by atoms with van der Waals surface area (Å²) in [5.41, 5.74) is 4.20. The molecule has 4 nitrogen and oxygen atoms in total. The molecule has 4 heteroatoms. The molecule has 0 heterocycles. The molecule has 1 aliphatic rings. The van der Waals surface area contributed by atoms with Crippen molar-refractivity contribution in [3.05, 3.63) is 83.3 Å². The highest BCUT2D eigenvalue weighted by atomic mass is 16.5. The summed E-state index contributed by atoms with van der Waals surface area (Å²) in [7, 11) is 1.68. The molecule has 0 aliphatic heterocycles. The third kappa shape index (κ3) is 4.57. The fourth-order valence-corrected chi connectivity index (χ4v) is 2.77. The van der Waals surface area contributed by atoms with Crippen LogP contribution in [-0.4, -0.2) is 12.2 Å². The van der Waals surface area contributed by atoms with Gasteiger partial charge in [0.05, 0.1) is 18.5 Å². The average molecular weight is 336 g/mol. The summed E-state index contributed by atoms with van der Waals surface area (Å²) in [6, 6.07) is 16.3. The number of rotatable bonds is 7. The van der Waals surface area contributed by atoms with E-state index in [-0.39, 0.29) is 0 Å². The number of ether oxygens (including phenoxy) is 1. The topological polar surface area (TPSA) is 53.5 Å². The van der Waals surface area contributed by atoms with Crippen LogP contribution in [0.3, 0.4) is 0 Å². The van der Waals surface area contributed by atoms with Crippen molar-refractivity contribution in [2.24, 2.45) is 0 Å². The number of para-hydroxylation sites is 2. The van der Waals surface area contributed by atoms with Gasteiger partial charge in [-0.25, -0.2) is 0 Å². The quantitative estimate of drug-likeness (QED) is 0.696. The molecule has 25 heavy (non-hydrogen) atoms. The van der Waals surface area contributed by atoms with Crippen LogP contribution in [0.5, 0.6) is 5.75 Å². The lowest BCUT2D eigenvalue weighted by Gasteiger charge is -2.14. The minimum Gasteiger partial charge on any atom is -0.510 e. The summed E-state index contributed by atoms with van der Waals surface area (Å²) in [5, 5.41) is 16.5. The Kier molecular flexibility index (Phi) is 5.62. The van der Waals surface area contributed by atoms with Crippen molar-refractivity contribution in [1.82, 2.24) is 5.32 Å². The van der Waals surface area contributed by atoms with Crippen LogP contribution < -0.4 is 15.4 Å². The van der Waals surface area contributed by atoms with Crippen LogP contribution in [0, 0.1) is 0 Å². The van der Waals surface area contributed by atoms with E-state index in [1.165, 1.54) is 11.1 Å². The Morgan fingerprint density at radius 2 is 1.64 bits per heavy atom. The molecule has 0 saturated carbocycles. The molecule has 0 unspecified atom stereocenters. The highest BCUT2D eigenvalue weighted by molar-refractivity contribution is 5.56. The fourth-order valence-electron chi connectivity index (χ4n) is 2.77. The Balaban J connectivity index is 1.54. The highest BCUT2D eigenvalue weighted by Gasteiger charge is 2.06. The average Bonchev–Trinajstić information content (AvgIpc) is 2.67. The Morgan fingerprint density at radius 3 is 2.32 bits per heavy atom. The normalized spacial score (nSPS) is 13.6. The second kappa shape index (κ2) is 8.29. The smallest absolute Gasteiger partial charge is 0.141 e. The predicted octanol–water partition coefficient (Wildman–Crippen LogP) is 4.52. The summed E-state index contributed by atoms with van der Waals surface area (Å²) < 4.78 is 5.35. The number of nitrogens with one attached hydrogen (secondary N) is 2. The third-order valence-electron chi connectivity index (χ3n) is 4.24. The molecule has 1 aliphatic carbocycles. The zero-order valence-corrected chi connectivity index (χ0v) is 14.5. The third-order valence-corrected chi connectivity index (χ3v) is 4.24. The van der Waals surface area contributed by atoms with Gasteiger partial charge in [-0.15, -0.1) is 0 Å². The Hall–Kier alpha value is -2.88. The summed E-state index contributed by atoms with van der Waals surface area (Å²) in [6.45, 7) is 1.44. The Morgan fingerprint density at radius 1 is 0.960 bits per heavy atom. The number of aliphatic hydroxyl groups excluding tert-OH is 1. The van der Waals surface area contributed by atoms with Crippen LogP contribution in [0.15, 0.2) is 72.1 Å². The lowest BCUT2D eigenvalue weighted by Crippen LogP contribution is -2.15. The lowest BCUT2D eigenvalue weighted by atomic mass is 10.1. The molecular weight excluding hydrogens is 312 g/mol. The SMILES string of the molecule is COc1ccccc1NCc1ccc(CNC2=C(O)CCC=C2)cc1. The largest absolute Gasteiger partial charge is 0.510 e. The molecule has 130 valence electrons. The van der Waals surface area contributed by atoms with Gasteiger partial charge in [-0.05, 0) is 35.8 Å². The van der Waals surface area contributed by atoms with E-state index >= 15 is 0 Å². The molecule has 3 rings (SSSR count). The van der Waals surface area contributed by atoms with Gasteiger partial charge in [-0.3, -0.25) is 0 Å². The summed E-state index contributed by atoms with van der Waals surface area (Å²) >= 11 is 0. The fraction of sp³-hybridized carbons (Fsp3) is 0.238. The van der Waals surface area contributed by atoms with Crippen LogP contribution in [-0.2, 0) is 13.1 Å². The minimum atomic E-state index is 0.445. The maximum Gasteiger partial charge on any atom is 0.141 e. The number of hydrogen-bond donors (Lipinski definition) is 3. The monoisotopic (exact) mass is 336 g/mol. The second-order valence-corrected chi connectivity index (χ2v) is 6.03. The number of benzene rings is 2. The first-order chi connectivity index (χ1) is 12.3. The van der Waals surface area contributed by atoms with Gasteiger partial charge in [0.1, 0.15) is 11.5 Å². The molecular formula is C21H24N2O2. The summed E-state index contributed by atoms with van der Waals surface area (Å²) in [4.78, 5) is 0. The molecule has 0 bridgehead atoms. The van der Waals surface area contributed by atoms with Crippen molar-refractivity contribution in [3.8, 4) is 5.75 Å². The molecule has 0 spiro atoms. The van der Waals surface area contributed by atoms with E-state index in [9.17, 15) is 5.11 Å². The van der Waals surface area contributed by atoms with Crippen molar-refractivity contribution in [1.29, 1.82) is 0 Å². The maximum absolute atomic E-state index is 9.86. The van der Waals surface area contributed by atoms with Gasteiger partial charge >= 0.3 is 0 Å². The lowest BCUT2D eigenvalue weighted by molar-refractivity contribution is 0.376. The predicted molar refractivity (Wildman–Crippen MR) is 102 cm³/mol. The molecule has 2 aromatic carbocycles. The van der Waals surface area contributed by atoms with Gasteiger partial charge in [0, 0.05) is 19.5 Å². The number of anilines is 1. The van der Waals surface area contributed by atoms with E-state index in [2.05, 4.69) is 41.0 Å². The van der Waals surface area contributed by atoms with Crippen LogP contribution in [0.4, 0.5) is 5.69 Å². The second-order valence-electron chi connectivity index (χ2n) is 6.03. The Labute approximate surface area is 148 Å². The molecule has 0 atom stereocenters. The van der Waals surface area contributed by atoms with Gasteiger partial charge in [0.25, 0.3) is 0 Å². The molecule has 0 fully saturated rings. The molecule has 2 aromatic rings. The first-order valence-electron chi connectivity index (χ1n) is 8.53. The van der Waals surface area contributed by atoms with E-state index in [1.54, 1.807) is 7.11 Å². The van der Waals surface area contributed by atoms with Crippen LogP contribution in [0.2, 0.25) is 0 Å². The van der Waals surface area contributed by atoms with Gasteiger partial charge in [0.15, 0.2) is 0 Å². The Bertz CT molecular complexity index is 764. The van der Waals surface area contributed by atoms with E-state index < -0.39 is 0 Å². The van der Waals surface area contributed by atoms with Gasteiger partial charge in [-0.1, -0.05) is 42.5 Å². The van der Waals surface area contributed by atoms with E-state index in [0.717, 1.165) is 30.1 Å². The zero-order valence-electron chi connectivity index (χ0n) is 14.5. The molecule has 0 saturated heterocycles. The van der Waals surface area contributed by atoms with Crippen molar-refractivity contribution in [3.63, 3.8) is 0 Å². The minimum absolute atomic E-state index is 0.445. The summed E-state index contributed by atoms with van der Waals surface area (Å²) in [5.74, 6) is 1.29. The molecule has 0 aromatic heterocycles. The van der Waals surface area contributed by atoms with Crippen LogP contribution in [0.25, 0.3) is 0 Å². The maximum atomic E-state index is 9.86. The van der Waals surface area contributed by atoms with Gasteiger partial charge in [0.2, 0.25) is 0 Å². The number of hydrogen-bond acceptors (Lipinski definition) is 4. The van der Waals surface area contributed by atoms with Crippen molar-refractivity contribution in [2.45, 2.75) is 25.9 Å². The molecule has 0 radical (unpaired) electrons. The zero-order chi connectivity index (χ0) is 17.5. The van der Waals surface area contributed by atoms with Crippen molar-refractivity contribution in [2.75, 3.05) is 12.4 Å². The number of aliphatic hydroxyl groups is 1. The van der Waals surface area contributed by atoms with Gasteiger partial charge in [-0.2, -0.15) is 0 Å². The highest BCUT2D eigenvalue weighted by Crippen LogP contribution is 2.23. The number of methoxy groups -OCH3 is 1. The van der Waals surface area contributed by atoms with Crippen molar-refractivity contribution < 1.29 is 9.84 Å². The molecule has 0 amide bonds. The first-order valence-corrected chi connectivity index (χ1v) is 8.53. The van der Waals surface area contributed by atoms with Crippen LogP contribution in [0.1, 0.15) is 24.0 Å². The first kappa shape index (κ1) is 17.0. The standard InChI is InChI=1S/C21H24N2O2/c1-25-21-9-5-3-7-19(21)23-15-17-12-10-16(11-13-17)14-22-18-6-2-4-8-20(18)24/h2-3,5-7,9-13,22-24H,4,8,14-15H2,1H3. The number of allylic oxidation sites excluding steroid dienone is 3. The van der Waals surface area contributed by atoms with E-state index in [1.807, 2.05) is 30.3 Å². The summed E-state index contributed by atoms with van der Waals surface area (Å²) in [6.07, 6.45) is 5.65. The van der Waals surface area contributed by atoms with Crippen molar-refractivity contribution >= 4 is 5.69 Å². The van der Waals surface area contributed by atoms with E-state index in [0.29, 0.717) is 18.7 Å². The van der Waals surface area contributed by atoms with E-state index in [4.69, 9.17) is 4.74 Å².